The Labute approximate surface area is 163 Å². The third-order valence-electron chi connectivity index (χ3n) is 4.93. The van der Waals surface area contributed by atoms with Gasteiger partial charge >= 0.3 is 0 Å². The van der Waals surface area contributed by atoms with Gasteiger partial charge in [0.15, 0.2) is 0 Å². The summed E-state index contributed by atoms with van der Waals surface area (Å²) in [6, 6.07) is 21.3. The van der Waals surface area contributed by atoms with Crippen molar-refractivity contribution in [1.82, 2.24) is 9.88 Å². The lowest BCUT2D eigenvalue weighted by Gasteiger charge is -2.34. The van der Waals surface area contributed by atoms with Crippen LogP contribution in [-0.4, -0.2) is 43.1 Å². The van der Waals surface area contributed by atoms with E-state index >= 15 is 0 Å². The fourth-order valence-electron chi connectivity index (χ4n) is 3.33. The number of halogens is 1. The van der Waals surface area contributed by atoms with Gasteiger partial charge in [0.2, 0.25) is 0 Å². The van der Waals surface area contributed by atoms with Crippen LogP contribution in [0.15, 0.2) is 71.3 Å². The molecule has 0 atom stereocenters. The molecule has 4 rings (SSSR count). The van der Waals surface area contributed by atoms with Crippen LogP contribution in [0.3, 0.4) is 0 Å². The van der Waals surface area contributed by atoms with Crippen LogP contribution in [0.5, 0.6) is 0 Å². The van der Waals surface area contributed by atoms with E-state index in [1.54, 1.807) is 0 Å². The fourth-order valence-corrected chi connectivity index (χ4v) is 3.73. The quantitative estimate of drug-likeness (QED) is 0.613. The summed E-state index contributed by atoms with van der Waals surface area (Å²) >= 11 is 3.52. The predicted molar refractivity (Wildman–Crippen MR) is 113 cm³/mol. The predicted octanol–water partition coefficient (Wildman–Crippen LogP) is 4.93. The Kier molecular flexibility index (Phi) is 5.05. The molecule has 0 bridgehead atoms. The van der Waals surface area contributed by atoms with Crippen molar-refractivity contribution >= 4 is 21.6 Å². The molecular formula is C22H22BrN3. The van der Waals surface area contributed by atoms with Crippen molar-refractivity contribution in [2.24, 2.45) is 0 Å². The topological polar surface area (TPSA) is 19.4 Å². The molecular weight excluding hydrogens is 386 g/mol. The van der Waals surface area contributed by atoms with Crippen LogP contribution in [0.4, 0.5) is 5.69 Å². The molecule has 0 aliphatic carbocycles. The van der Waals surface area contributed by atoms with E-state index in [0.717, 1.165) is 47.5 Å². The molecule has 2 heterocycles. The average molecular weight is 408 g/mol. The van der Waals surface area contributed by atoms with E-state index in [0.29, 0.717) is 0 Å². The first-order chi connectivity index (χ1) is 12.7. The maximum absolute atomic E-state index is 4.68. The molecule has 1 saturated heterocycles. The van der Waals surface area contributed by atoms with Crippen LogP contribution in [0.25, 0.3) is 22.4 Å². The highest BCUT2D eigenvalue weighted by molar-refractivity contribution is 9.10. The van der Waals surface area contributed by atoms with Gasteiger partial charge in [-0.2, -0.15) is 0 Å². The van der Waals surface area contributed by atoms with Gasteiger partial charge in [0.25, 0.3) is 0 Å². The van der Waals surface area contributed by atoms with Crippen LogP contribution in [-0.2, 0) is 0 Å². The molecule has 1 aromatic heterocycles. The molecule has 3 aromatic rings. The lowest BCUT2D eigenvalue weighted by Crippen LogP contribution is -2.44. The maximum Gasteiger partial charge on any atom is 0.0702 e. The number of hydrogen-bond acceptors (Lipinski definition) is 3. The van der Waals surface area contributed by atoms with Gasteiger partial charge in [-0.1, -0.05) is 46.3 Å². The Morgan fingerprint density at radius 1 is 0.808 bits per heavy atom. The molecule has 1 fully saturated rings. The lowest BCUT2D eigenvalue weighted by molar-refractivity contribution is 0.313. The number of rotatable bonds is 3. The molecule has 26 heavy (non-hydrogen) atoms. The second kappa shape index (κ2) is 7.60. The molecule has 0 saturated carbocycles. The summed E-state index contributed by atoms with van der Waals surface area (Å²) in [4.78, 5) is 9.52. The molecule has 0 amide bonds. The molecule has 4 heteroatoms. The molecule has 1 aliphatic rings. The van der Waals surface area contributed by atoms with Gasteiger partial charge in [0.1, 0.15) is 0 Å². The average Bonchev–Trinajstić information content (AvgIpc) is 2.69. The van der Waals surface area contributed by atoms with E-state index in [9.17, 15) is 0 Å². The van der Waals surface area contributed by atoms with Crippen LogP contribution in [0.2, 0.25) is 0 Å². The second-order valence-electron chi connectivity index (χ2n) is 6.78. The Balaban J connectivity index is 1.57. The van der Waals surface area contributed by atoms with Crippen molar-refractivity contribution in [1.29, 1.82) is 0 Å². The second-order valence-corrected chi connectivity index (χ2v) is 7.70. The minimum absolute atomic E-state index is 0.991. The third kappa shape index (κ3) is 3.81. The van der Waals surface area contributed by atoms with Crippen molar-refractivity contribution in [3.05, 3.63) is 71.3 Å². The molecule has 2 aromatic carbocycles. The van der Waals surface area contributed by atoms with E-state index in [-0.39, 0.29) is 0 Å². The molecule has 132 valence electrons. The van der Waals surface area contributed by atoms with Crippen LogP contribution in [0, 0.1) is 0 Å². The van der Waals surface area contributed by atoms with E-state index < -0.39 is 0 Å². The molecule has 1 aliphatic heterocycles. The summed E-state index contributed by atoms with van der Waals surface area (Å²) < 4.78 is 1.07. The first kappa shape index (κ1) is 17.3. The summed E-state index contributed by atoms with van der Waals surface area (Å²) in [5.74, 6) is 0. The Hall–Kier alpha value is -2.17. The van der Waals surface area contributed by atoms with Crippen molar-refractivity contribution in [2.45, 2.75) is 0 Å². The molecule has 0 spiro atoms. The summed E-state index contributed by atoms with van der Waals surface area (Å²) in [6.07, 6.45) is 1.97. The van der Waals surface area contributed by atoms with Crippen molar-refractivity contribution in [3.63, 3.8) is 0 Å². The van der Waals surface area contributed by atoms with E-state index in [2.05, 4.69) is 86.3 Å². The number of anilines is 1. The lowest BCUT2D eigenvalue weighted by atomic mass is 10.0. The van der Waals surface area contributed by atoms with Crippen molar-refractivity contribution in [3.8, 4) is 22.4 Å². The SMILES string of the molecule is CN1CCN(c2cccc(-c3ccc(-c4cccc(Br)c4)nc3)c2)CC1. The highest BCUT2D eigenvalue weighted by Gasteiger charge is 2.14. The zero-order valence-electron chi connectivity index (χ0n) is 14.9. The molecule has 0 unspecified atom stereocenters. The Bertz CT molecular complexity index is 884. The van der Waals surface area contributed by atoms with Gasteiger partial charge in [-0.25, -0.2) is 0 Å². The zero-order valence-corrected chi connectivity index (χ0v) is 16.5. The maximum atomic E-state index is 4.68. The zero-order chi connectivity index (χ0) is 17.9. The van der Waals surface area contributed by atoms with Gasteiger partial charge in [0.05, 0.1) is 5.69 Å². The van der Waals surface area contributed by atoms with Gasteiger partial charge in [-0.3, -0.25) is 4.98 Å². The van der Waals surface area contributed by atoms with Gasteiger partial charge in [-0.15, -0.1) is 0 Å². The summed E-state index contributed by atoms with van der Waals surface area (Å²) in [7, 11) is 2.19. The number of benzene rings is 2. The first-order valence-corrected chi connectivity index (χ1v) is 9.74. The first-order valence-electron chi connectivity index (χ1n) is 8.95. The van der Waals surface area contributed by atoms with Crippen LogP contribution < -0.4 is 4.90 Å². The number of hydrogen-bond donors (Lipinski definition) is 0. The van der Waals surface area contributed by atoms with E-state index in [4.69, 9.17) is 0 Å². The fraction of sp³-hybridized carbons (Fsp3) is 0.227. The highest BCUT2D eigenvalue weighted by atomic mass is 79.9. The van der Waals surface area contributed by atoms with E-state index in [1.165, 1.54) is 11.3 Å². The number of piperazine rings is 1. The Morgan fingerprint density at radius 3 is 2.31 bits per heavy atom. The number of aromatic nitrogens is 1. The largest absolute Gasteiger partial charge is 0.369 e. The molecule has 0 N–H and O–H groups in total. The number of pyridine rings is 1. The van der Waals surface area contributed by atoms with Gasteiger partial charge in [0, 0.05) is 53.7 Å². The number of nitrogens with zero attached hydrogens (tertiary/aromatic N) is 3. The summed E-state index contributed by atoms with van der Waals surface area (Å²) in [5, 5.41) is 0. The highest BCUT2D eigenvalue weighted by Crippen LogP contribution is 2.27. The normalized spacial score (nSPS) is 15.2. The summed E-state index contributed by atoms with van der Waals surface area (Å²) in [6.45, 7) is 4.40. The summed E-state index contributed by atoms with van der Waals surface area (Å²) in [5.41, 5.74) is 5.78. The molecule has 0 radical (unpaired) electrons. The molecule has 3 nitrogen and oxygen atoms in total. The smallest absolute Gasteiger partial charge is 0.0702 e. The monoisotopic (exact) mass is 407 g/mol. The van der Waals surface area contributed by atoms with Crippen molar-refractivity contribution < 1.29 is 0 Å². The van der Waals surface area contributed by atoms with Gasteiger partial charge < -0.3 is 9.80 Å². The third-order valence-corrected chi connectivity index (χ3v) is 5.43. The Morgan fingerprint density at radius 2 is 1.58 bits per heavy atom. The van der Waals surface area contributed by atoms with Gasteiger partial charge in [-0.05, 0) is 42.9 Å². The minimum Gasteiger partial charge on any atom is -0.369 e. The minimum atomic E-state index is 0.991. The van der Waals surface area contributed by atoms with Crippen LogP contribution >= 0.6 is 15.9 Å². The van der Waals surface area contributed by atoms with E-state index in [1.807, 2.05) is 18.3 Å². The standard InChI is InChI=1S/C22H22BrN3/c1-25-10-12-26(13-11-25)21-7-3-4-17(15-21)19-8-9-22(24-16-19)18-5-2-6-20(23)14-18/h2-9,14-16H,10-13H2,1H3. The van der Waals surface area contributed by atoms with Crippen LogP contribution in [0.1, 0.15) is 0 Å². The van der Waals surface area contributed by atoms with Crippen molar-refractivity contribution in [2.75, 3.05) is 38.1 Å². The number of likely N-dealkylation sites (N-methyl/N-ethyl adjacent to an activating group) is 1.